The van der Waals surface area contributed by atoms with Crippen LogP contribution in [0.4, 0.5) is 5.69 Å². The number of H-pyrrole nitrogens is 1. The standard InChI is InChI=1S/C19H14N2O3/c1-24-19(23)11-6-7-17-14(8-11)15(18(22)21-17)9-12-10-20-16-5-3-2-4-13(12)16/h2-10,20H,1H3,(H,21,22)/b15-9+. The van der Waals surface area contributed by atoms with Gasteiger partial charge in [0.2, 0.25) is 0 Å². The Morgan fingerprint density at radius 1 is 1.17 bits per heavy atom. The lowest BCUT2D eigenvalue weighted by atomic mass is 10.0. The van der Waals surface area contributed by atoms with Crippen LogP contribution in [0.5, 0.6) is 0 Å². The second-order valence-electron chi connectivity index (χ2n) is 5.55. The van der Waals surface area contributed by atoms with E-state index in [-0.39, 0.29) is 5.91 Å². The molecule has 0 saturated heterocycles. The Kier molecular flexibility index (Phi) is 3.20. The second-order valence-corrected chi connectivity index (χ2v) is 5.55. The first-order chi connectivity index (χ1) is 11.7. The van der Waals surface area contributed by atoms with Gasteiger partial charge in [-0.15, -0.1) is 0 Å². The van der Waals surface area contributed by atoms with Crippen LogP contribution in [-0.4, -0.2) is 24.0 Å². The molecule has 3 aromatic rings. The highest BCUT2D eigenvalue weighted by atomic mass is 16.5. The minimum Gasteiger partial charge on any atom is -0.465 e. The smallest absolute Gasteiger partial charge is 0.337 e. The van der Waals surface area contributed by atoms with Gasteiger partial charge < -0.3 is 15.0 Å². The Morgan fingerprint density at radius 3 is 2.83 bits per heavy atom. The molecule has 1 amide bonds. The van der Waals surface area contributed by atoms with E-state index in [1.54, 1.807) is 18.2 Å². The molecule has 1 aliphatic rings. The number of fused-ring (bicyclic) bond motifs is 2. The van der Waals surface area contributed by atoms with Crippen LogP contribution in [0.3, 0.4) is 0 Å². The third-order valence-electron chi connectivity index (χ3n) is 4.14. The summed E-state index contributed by atoms with van der Waals surface area (Å²) in [7, 11) is 1.33. The zero-order valence-corrected chi connectivity index (χ0v) is 12.9. The Labute approximate surface area is 137 Å². The first kappa shape index (κ1) is 14.3. The quantitative estimate of drug-likeness (QED) is 0.561. The van der Waals surface area contributed by atoms with Gasteiger partial charge in [0.05, 0.1) is 12.7 Å². The molecule has 0 bridgehead atoms. The van der Waals surface area contributed by atoms with Gasteiger partial charge in [0.25, 0.3) is 5.91 Å². The molecule has 0 unspecified atom stereocenters. The molecule has 2 N–H and O–H groups in total. The van der Waals surface area contributed by atoms with Gasteiger partial charge in [-0.1, -0.05) is 18.2 Å². The Morgan fingerprint density at radius 2 is 2.00 bits per heavy atom. The van der Waals surface area contributed by atoms with Gasteiger partial charge in [-0.3, -0.25) is 4.79 Å². The molecule has 118 valence electrons. The number of benzene rings is 2. The van der Waals surface area contributed by atoms with Crippen molar-refractivity contribution in [3.05, 3.63) is 65.4 Å². The van der Waals surface area contributed by atoms with E-state index in [9.17, 15) is 9.59 Å². The summed E-state index contributed by atoms with van der Waals surface area (Å²) >= 11 is 0. The predicted molar refractivity (Wildman–Crippen MR) is 92.6 cm³/mol. The Bertz CT molecular complexity index is 1010. The fourth-order valence-electron chi connectivity index (χ4n) is 2.95. The molecular weight excluding hydrogens is 304 g/mol. The number of hydrogen-bond acceptors (Lipinski definition) is 3. The Hall–Kier alpha value is -3.34. The van der Waals surface area contributed by atoms with E-state index in [2.05, 4.69) is 10.3 Å². The molecule has 1 aromatic heterocycles. The van der Waals surface area contributed by atoms with Gasteiger partial charge in [-0.25, -0.2) is 4.79 Å². The van der Waals surface area contributed by atoms with Crippen molar-refractivity contribution in [2.75, 3.05) is 12.4 Å². The number of nitrogens with one attached hydrogen (secondary N) is 2. The number of carbonyl (C=O) groups is 2. The van der Waals surface area contributed by atoms with Gasteiger partial charge in [-0.05, 0) is 30.3 Å². The number of para-hydroxylation sites is 1. The molecule has 2 heterocycles. The molecule has 0 aliphatic carbocycles. The SMILES string of the molecule is COC(=O)c1ccc2c(c1)/C(=C\c1c[nH]c3ccccc13)C(=O)N2. The lowest BCUT2D eigenvalue weighted by molar-refractivity contribution is -0.110. The molecule has 2 aromatic carbocycles. The molecule has 0 fully saturated rings. The zero-order chi connectivity index (χ0) is 16.7. The second kappa shape index (κ2) is 5.38. The normalized spacial score (nSPS) is 14.7. The van der Waals surface area contributed by atoms with Crippen LogP contribution in [0, 0.1) is 0 Å². The van der Waals surface area contributed by atoms with Crippen molar-refractivity contribution >= 4 is 40.1 Å². The molecule has 0 spiro atoms. The van der Waals surface area contributed by atoms with E-state index in [4.69, 9.17) is 4.74 Å². The molecular formula is C19H14N2O3. The van der Waals surface area contributed by atoms with Crippen molar-refractivity contribution in [3.63, 3.8) is 0 Å². The van der Waals surface area contributed by atoms with Crippen molar-refractivity contribution < 1.29 is 14.3 Å². The summed E-state index contributed by atoms with van der Waals surface area (Å²) in [6.45, 7) is 0. The fraction of sp³-hybridized carbons (Fsp3) is 0.0526. The number of rotatable bonds is 2. The van der Waals surface area contributed by atoms with Crippen LogP contribution in [0.1, 0.15) is 21.5 Å². The monoisotopic (exact) mass is 318 g/mol. The van der Waals surface area contributed by atoms with E-state index in [1.165, 1.54) is 7.11 Å². The van der Waals surface area contributed by atoms with Crippen molar-refractivity contribution in [2.24, 2.45) is 0 Å². The van der Waals surface area contributed by atoms with Crippen molar-refractivity contribution in [2.45, 2.75) is 0 Å². The van der Waals surface area contributed by atoms with Gasteiger partial charge in [-0.2, -0.15) is 0 Å². The minimum atomic E-state index is -0.427. The maximum Gasteiger partial charge on any atom is 0.337 e. The number of methoxy groups -OCH3 is 1. The summed E-state index contributed by atoms with van der Waals surface area (Å²) in [6.07, 6.45) is 3.70. The maximum absolute atomic E-state index is 12.3. The molecule has 5 heteroatoms. The number of ether oxygens (including phenoxy) is 1. The molecule has 0 atom stereocenters. The summed E-state index contributed by atoms with van der Waals surface area (Å²) in [5.41, 5.74) is 4.27. The third-order valence-corrected chi connectivity index (χ3v) is 4.14. The van der Waals surface area contributed by atoms with Gasteiger partial charge >= 0.3 is 5.97 Å². The average molecular weight is 318 g/mol. The van der Waals surface area contributed by atoms with Crippen LogP contribution in [0.2, 0.25) is 0 Å². The predicted octanol–water partition coefficient (Wildman–Crippen LogP) is 3.45. The minimum absolute atomic E-state index is 0.183. The van der Waals surface area contributed by atoms with E-state index in [0.717, 1.165) is 16.5 Å². The number of anilines is 1. The Balaban J connectivity index is 1.85. The summed E-state index contributed by atoms with van der Waals surface area (Å²) in [5, 5.41) is 3.86. The van der Waals surface area contributed by atoms with Crippen molar-refractivity contribution in [3.8, 4) is 0 Å². The zero-order valence-electron chi connectivity index (χ0n) is 12.9. The highest BCUT2D eigenvalue weighted by Crippen LogP contribution is 2.35. The molecule has 4 rings (SSSR count). The third kappa shape index (κ3) is 2.18. The maximum atomic E-state index is 12.3. The van der Waals surface area contributed by atoms with E-state index in [0.29, 0.717) is 22.4 Å². The number of aromatic amines is 1. The van der Waals surface area contributed by atoms with Crippen LogP contribution < -0.4 is 5.32 Å². The van der Waals surface area contributed by atoms with Crippen LogP contribution in [0.15, 0.2) is 48.7 Å². The van der Waals surface area contributed by atoms with Crippen molar-refractivity contribution in [1.82, 2.24) is 4.98 Å². The lowest BCUT2D eigenvalue weighted by Gasteiger charge is -2.03. The van der Waals surface area contributed by atoms with Gasteiger partial charge in [0, 0.05) is 39.5 Å². The summed E-state index contributed by atoms with van der Waals surface area (Å²) in [5.74, 6) is -0.610. The number of carbonyl (C=O) groups excluding carboxylic acids is 2. The summed E-state index contributed by atoms with van der Waals surface area (Å²) in [6, 6.07) is 12.9. The van der Waals surface area contributed by atoms with Crippen LogP contribution in [0.25, 0.3) is 22.6 Å². The van der Waals surface area contributed by atoms with E-state index < -0.39 is 5.97 Å². The number of amides is 1. The topological polar surface area (TPSA) is 71.2 Å². The van der Waals surface area contributed by atoms with Gasteiger partial charge in [0.1, 0.15) is 0 Å². The van der Waals surface area contributed by atoms with E-state index >= 15 is 0 Å². The van der Waals surface area contributed by atoms with Crippen LogP contribution in [-0.2, 0) is 9.53 Å². The molecule has 1 aliphatic heterocycles. The number of hydrogen-bond donors (Lipinski definition) is 2. The highest BCUT2D eigenvalue weighted by Gasteiger charge is 2.25. The molecule has 24 heavy (non-hydrogen) atoms. The summed E-state index contributed by atoms with van der Waals surface area (Å²) < 4.78 is 4.75. The first-order valence-electron chi connectivity index (χ1n) is 7.49. The van der Waals surface area contributed by atoms with Gasteiger partial charge in [0.15, 0.2) is 0 Å². The molecule has 0 radical (unpaired) electrons. The average Bonchev–Trinajstić information content (AvgIpc) is 3.16. The van der Waals surface area contributed by atoms with Crippen molar-refractivity contribution in [1.29, 1.82) is 0 Å². The van der Waals surface area contributed by atoms with E-state index in [1.807, 2.05) is 36.5 Å². The summed E-state index contributed by atoms with van der Waals surface area (Å²) in [4.78, 5) is 27.3. The first-order valence-corrected chi connectivity index (χ1v) is 7.49. The van der Waals surface area contributed by atoms with Crippen LogP contribution >= 0.6 is 0 Å². The highest BCUT2D eigenvalue weighted by molar-refractivity contribution is 6.35. The fourth-order valence-corrected chi connectivity index (χ4v) is 2.95. The molecule has 5 nitrogen and oxygen atoms in total. The lowest BCUT2D eigenvalue weighted by Crippen LogP contribution is -2.03. The number of aromatic nitrogens is 1. The molecule has 0 saturated carbocycles. The number of esters is 1. The largest absolute Gasteiger partial charge is 0.465 e.